The van der Waals surface area contributed by atoms with Gasteiger partial charge in [0, 0.05) is 56.6 Å². The molecule has 0 aliphatic carbocycles. The topological polar surface area (TPSA) is 46.0 Å². The summed E-state index contributed by atoms with van der Waals surface area (Å²) in [4.78, 5) is 11.7. The zero-order chi connectivity index (χ0) is 17.2. The van der Waals surface area contributed by atoms with Gasteiger partial charge in [0.05, 0.1) is 11.7 Å². The van der Waals surface area contributed by atoms with Gasteiger partial charge in [-0.3, -0.25) is 4.90 Å². The lowest BCUT2D eigenvalue weighted by atomic mass is 10.1. The molecule has 25 heavy (non-hydrogen) atoms. The molecule has 1 aromatic carbocycles. The predicted octanol–water partition coefficient (Wildman–Crippen LogP) is 2.83. The molecule has 130 valence electrons. The van der Waals surface area contributed by atoms with Crippen molar-refractivity contribution in [2.75, 3.05) is 19.6 Å². The van der Waals surface area contributed by atoms with Gasteiger partial charge in [0.15, 0.2) is 0 Å². The Bertz CT molecular complexity index is 841. The molecule has 4 rings (SSSR count). The zero-order valence-electron chi connectivity index (χ0n) is 14.0. The number of nitrogens with one attached hydrogen (secondary N) is 1. The molecule has 7 heteroatoms. The van der Waals surface area contributed by atoms with E-state index in [0.29, 0.717) is 0 Å². The summed E-state index contributed by atoms with van der Waals surface area (Å²) in [5.41, 5.74) is 2.00. The minimum atomic E-state index is -0.223. The fraction of sp³-hybridized carbons (Fsp3) is 0.333. The van der Waals surface area contributed by atoms with E-state index in [1.807, 2.05) is 19.4 Å². The average molecular weight is 357 g/mol. The molecule has 0 saturated carbocycles. The van der Waals surface area contributed by atoms with Gasteiger partial charge in [-0.05, 0) is 24.3 Å². The van der Waals surface area contributed by atoms with Crippen LogP contribution >= 0.6 is 11.3 Å². The van der Waals surface area contributed by atoms with E-state index >= 15 is 0 Å². The molecule has 2 aromatic heterocycles. The summed E-state index contributed by atoms with van der Waals surface area (Å²) >= 11 is 1.60. The summed E-state index contributed by atoms with van der Waals surface area (Å²) < 4.78 is 15.2. The standard InChI is InChI=1S/C18H20FN5S/c1-23-8-7-21-17(23)16-10-20-6-9-24(16)11-15-12-25-18(22-15)13-2-4-14(19)5-3-13/h2-5,7-8,12,16,20H,6,9-11H2,1H3. The lowest BCUT2D eigenvalue weighted by Gasteiger charge is -2.35. The quantitative estimate of drug-likeness (QED) is 0.780. The van der Waals surface area contributed by atoms with Crippen molar-refractivity contribution < 1.29 is 4.39 Å². The van der Waals surface area contributed by atoms with E-state index in [2.05, 4.69) is 25.1 Å². The smallest absolute Gasteiger partial charge is 0.127 e. The van der Waals surface area contributed by atoms with Gasteiger partial charge in [-0.15, -0.1) is 11.3 Å². The number of hydrogen-bond acceptors (Lipinski definition) is 5. The fourth-order valence-electron chi connectivity index (χ4n) is 3.20. The molecule has 3 heterocycles. The molecule has 0 spiro atoms. The van der Waals surface area contributed by atoms with E-state index in [4.69, 9.17) is 4.98 Å². The van der Waals surface area contributed by atoms with Gasteiger partial charge in [0.1, 0.15) is 16.6 Å². The first-order valence-electron chi connectivity index (χ1n) is 8.33. The minimum absolute atomic E-state index is 0.223. The highest BCUT2D eigenvalue weighted by Gasteiger charge is 2.27. The van der Waals surface area contributed by atoms with Crippen LogP contribution in [-0.2, 0) is 13.6 Å². The Morgan fingerprint density at radius 3 is 2.92 bits per heavy atom. The van der Waals surface area contributed by atoms with Crippen LogP contribution in [0, 0.1) is 5.82 Å². The number of nitrogens with zero attached hydrogens (tertiary/aromatic N) is 4. The molecule has 1 fully saturated rings. The molecule has 0 radical (unpaired) electrons. The molecule has 3 aromatic rings. The molecule has 1 aliphatic heterocycles. The van der Waals surface area contributed by atoms with Gasteiger partial charge < -0.3 is 9.88 Å². The lowest BCUT2D eigenvalue weighted by Crippen LogP contribution is -2.46. The molecule has 1 unspecified atom stereocenters. The highest BCUT2D eigenvalue weighted by molar-refractivity contribution is 7.13. The maximum absolute atomic E-state index is 13.1. The Kier molecular flexibility index (Phi) is 4.61. The third-order valence-electron chi connectivity index (χ3n) is 4.52. The van der Waals surface area contributed by atoms with Gasteiger partial charge in [0.25, 0.3) is 0 Å². The summed E-state index contributed by atoms with van der Waals surface area (Å²) in [6.07, 6.45) is 3.83. The van der Waals surface area contributed by atoms with Crippen molar-refractivity contribution in [3.63, 3.8) is 0 Å². The monoisotopic (exact) mass is 357 g/mol. The number of piperazine rings is 1. The Labute approximate surface area is 150 Å². The van der Waals surface area contributed by atoms with E-state index in [0.717, 1.165) is 48.3 Å². The second kappa shape index (κ2) is 7.03. The molecule has 1 aliphatic rings. The van der Waals surface area contributed by atoms with Crippen LogP contribution in [-0.4, -0.2) is 39.1 Å². The van der Waals surface area contributed by atoms with Gasteiger partial charge in [-0.2, -0.15) is 0 Å². The van der Waals surface area contributed by atoms with Gasteiger partial charge >= 0.3 is 0 Å². The van der Waals surface area contributed by atoms with Crippen molar-refractivity contribution in [2.24, 2.45) is 7.05 Å². The summed E-state index contributed by atoms with van der Waals surface area (Å²) in [5, 5.41) is 6.48. The van der Waals surface area contributed by atoms with Crippen LogP contribution in [0.2, 0.25) is 0 Å². The number of imidazole rings is 1. The molecule has 1 N–H and O–H groups in total. The minimum Gasteiger partial charge on any atom is -0.337 e. The van der Waals surface area contributed by atoms with Crippen LogP contribution in [0.4, 0.5) is 4.39 Å². The largest absolute Gasteiger partial charge is 0.337 e. The number of hydrogen-bond donors (Lipinski definition) is 1. The van der Waals surface area contributed by atoms with Crippen molar-refractivity contribution in [3.8, 4) is 10.6 Å². The van der Waals surface area contributed by atoms with Crippen LogP contribution in [0.15, 0.2) is 42.0 Å². The number of rotatable bonds is 4. The average Bonchev–Trinajstić information content (AvgIpc) is 3.25. The maximum Gasteiger partial charge on any atom is 0.127 e. The van der Waals surface area contributed by atoms with Crippen LogP contribution < -0.4 is 5.32 Å². The van der Waals surface area contributed by atoms with Crippen LogP contribution in [0.5, 0.6) is 0 Å². The molecule has 5 nitrogen and oxygen atoms in total. The molecule has 1 atom stereocenters. The second-order valence-electron chi connectivity index (χ2n) is 6.24. The Morgan fingerprint density at radius 2 is 2.16 bits per heavy atom. The van der Waals surface area contributed by atoms with Crippen LogP contribution in [0.3, 0.4) is 0 Å². The molecule has 0 bridgehead atoms. The number of benzene rings is 1. The van der Waals surface area contributed by atoms with Gasteiger partial charge in [0.2, 0.25) is 0 Å². The maximum atomic E-state index is 13.1. The first-order valence-corrected chi connectivity index (χ1v) is 9.21. The zero-order valence-corrected chi connectivity index (χ0v) is 14.8. The first kappa shape index (κ1) is 16.4. The van der Waals surface area contributed by atoms with Crippen molar-refractivity contribution >= 4 is 11.3 Å². The number of aryl methyl sites for hydroxylation is 1. The first-order chi connectivity index (χ1) is 12.2. The van der Waals surface area contributed by atoms with Crippen molar-refractivity contribution in [2.45, 2.75) is 12.6 Å². The predicted molar refractivity (Wildman–Crippen MR) is 96.7 cm³/mol. The number of thiazole rings is 1. The van der Waals surface area contributed by atoms with Crippen molar-refractivity contribution in [1.29, 1.82) is 0 Å². The number of aromatic nitrogens is 3. The highest BCUT2D eigenvalue weighted by Crippen LogP contribution is 2.27. The van der Waals surface area contributed by atoms with E-state index in [1.54, 1.807) is 23.5 Å². The molecular formula is C18H20FN5S. The summed E-state index contributed by atoms with van der Waals surface area (Å²) in [6.45, 7) is 3.60. The van der Waals surface area contributed by atoms with Gasteiger partial charge in [-0.1, -0.05) is 0 Å². The van der Waals surface area contributed by atoms with Gasteiger partial charge in [-0.25, -0.2) is 14.4 Å². The Hall–Kier alpha value is -2.09. The fourth-order valence-corrected chi connectivity index (χ4v) is 4.02. The van der Waals surface area contributed by atoms with E-state index in [-0.39, 0.29) is 11.9 Å². The third-order valence-corrected chi connectivity index (χ3v) is 5.46. The molecule has 0 amide bonds. The van der Waals surface area contributed by atoms with Crippen molar-refractivity contribution in [1.82, 2.24) is 24.8 Å². The Morgan fingerprint density at radius 1 is 1.32 bits per heavy atom. The van der Waals surface area contributed by atoms with E-state index in [1.165, 1.54) is 12.1 Å². The number of halogens is 1. The van der Waals surface area contributed by atoms with Crippen molar-refractivity contribution in [3.05, 3.63) is 59.4 Å². The third kappa shape index (κ3) is 3.49. The summed E-state index contributed by atoms with van der Waals surface area (Å²) in [6, 6.07) is 6.75. The highest BCUT2D eigenvalue weighted by atomic mass is 32.1. The SMILES string of the molecule is Cn1ccnc1C1CNCCN1Cc1csc(-c2ccc(F)cc2)n1. The normalized spacial score (nSPS) is 18.6. The molecular weight excluding hydrogens is 337 g/mol. The van der Waals surface area contributed by atoms with E-state index < -0.39 is 0 Å². The summed E-state index contributed by atoms with van der Waals surface area (Å²) in [5.74, 6) is 0.848. The van der Waals surface area contributed by atoms with Crippen LogP contribution in [0.25, 0.3) is 10.6 Å². The Balaban J connectivity index is 1.52. The van der Waals surface area contributed by atoms with E-state index in [9.17, 15) is 4.39 Å². The summed E-state index contributed by atoms with van der Waals surface area (Å²) in [7, 11) is 2.03. The van der Waals surface area contributed by atoms with Crippen LogP contribution in [0.1, 0.15) is 17.6 Å². The molecule has 1 saturated heterocycles. The lowest BCUT2D eigenvalue weighted by molar-refractivity contribution is 0.143. The second-order valence-corrected chi connectivity index (χ2v) is 7.10.